The SMILES string of the molecule is CCCCCCCCOc1ccc([IH+])cc1.CCCCCCCCOc1ccc([IH+])cc1.O=S(=O)([O-])C(F)(F)C(F)(F)C(F)(F)C(F)(F)S(=O)(=O)[O-]. The molecule has 0 fully saturated rings. The number of hydrogen-bond donors (Lipinski definition) is 0. The van der Waals surface area contributed by atoms with Gasteiger partial charge >= 0.3 is 22.4 Å². The quantitative estimate of drug-likeness (QED) is 0.0807. The lowest BCUT2D eigenvalue weighted by atomic mass is 10.1. The molecule has 20 heteroatoms. The van der Waals surface area contributed by atoms with Crippen LogP contribution in [0.4, 0.5) is 35.1 Å². The summed E-state index contributed by atoms with van der Waals surface area (Å²) in [6, 6.07) is 16.6. The molecule has 0 atom stereocenters. The minimum Gasteiger partial charge on any atom is -0.743 e. The lowest BCUT2D eigenvalue weighted by molar-refractivity contribution is -0.328. The van der Waals surface area contributed by atoms with Gasteiger partial charge in [-0.2, -0.15) is 35.1 Å². The van der Waals surface area contributed by atoms with Crippen molar-refractivity contribution in [2.45, 2.75) is 113 Å². The van der Waals surface area contributed by atoms with E-state index in [0.29, 0.717) is 0 Å². The second-order valence-corrected chi connectivity index (χ2v) is 16.8. The highest BCUT2D eigenvalue weighted by atomic mass is 127. The first-order chi connectivity index (χ1) is 23.9. The maximum atomic E-state index is 12.5. The summed E-state index contributed by atoms with van der Waals surface area (Å²) in [5, 5.41) is -14.6. The minimum atomic E-state index is -7.68. The van der Waals surface area contributed by atoms with Gasteiger partial charge in [-0.1, -0.05) is 78.1 Å². The van der Waals surface area contributed by atoms with Crippen LogP contribution >= 0.6 is 0 Å². The number of hydrogen-bond acceptors (Lipinski definition) is 8. The zero-order valence-electron chi connectivity index (χ0n) is 28.4. The fraction of sp³-hybridized carbons (Fsp3) is 0.625. The number of rotatable bonds is 21. The van der Waals surface area contributed by atoms with E-state index in [2.05, 4.69) is 62.4 Å². The van der Waals surface area contributed by atoms with Gasteiger partial charge in [0.25, 0.3) is 45.2 Å². The molecule has 8 nitrogen and oxygen atoms in total. The Morgan fingerprint density at radius 2 is 0.750 bits per heavy atom. The number of halogens is 10. The maximum Gasteiger partial charge on any atom is 0.402 e. The maximum absolute atomic E-state index is 12.5. The average molecular weight is 1030 g/mol. The predicted octanol–water partition coefficient (Wildman–Crippen LogP) is 2.30. The van der Waals surface area contributed by atoms with E-state index in [1.807, 2.05) is 45.2 Å². The van der Waals surface area contributed by atoms with E-state index in [-0.39, 0.29) is 0 Å². The summed E-state index contributed by atoms with van der Waals surface area (Å²) in [6.07, 6.45) is 15.8. The Kier molecular flexibility index (Phi) is 23.1. The van der Waals surface area contributed by atoms with Crippen LogP contribution in [-0.2, 0) is 20.2 Å². The van der Waals surface area contributed by atoms with Crippen LogP contribution in [0.5, 0.6) is 11.5 Å². The van der Waals surface area contributed by atoms with Gasteiger partial charge in [-0.15, -0.1) is 0 Å². The van der Waals surface area contributed by atoms with Crippen molar-refractivity contribution in [3.05, 3.63) is 55.7 Å². The molecule has 52 heavy (non-hydrogen) atoms. The molecule has 2 rings (SSSR count). The Balaban J connectivity index is 0.000000756. The second-order valence-electron chi connectivity index (χ2n) is 11.3. The van der Waals surface area contributed by atoms with Crippen molar-refractivity contribution in [1.29, 1.82) is 0 Å². The molecule has 0 aromatic heterocycles. The van der Waals surface area contributed by atoms with E-state index in [1.165, 1.54) is 84.2 Å². The van der Waals surface area contributed by atoms with Gasteiger partial charge in [0, 0.05) is 0 Å². The largest absolute Gasteiger partial charge is 0.743 e. The molecule has 0 radical (unpaired) electrons. The van der Waals surface area contributed by atoms with Crippen LogP contribution in [0.25, 0.3) is 0 Å². The van der Waals surface area contributed by atoms with Crippen molar-refractivity contribution < 1.29 is 116 Å². The van der Waals surface area contributed by atoms with E-state index in [9.17, 15) is 61.1 Å². The van der Waals surface area contributed by atoms with Crippen LogP contribution in [0.1, 0.15) is 90.9 Å². The molecule has 0 saturated heterocycles. The summed E-state index contributed by atoms with van der Waals surface area (Å²) in [5.74, 6) is -13.4. The van der Waals surface area contributed by atoms with Crippen molar-refractivity contribution in [3.8, 4) is 11.5 Å². The first-order valence-corrected chi connectivity index (χ1v) is 21.3. The summed E-state index contributed by atoms with van der Waals surface area (Å²) in [4.78, 5) is 0. The Morgan fingerprint density at radius 1 is 0.500 bits per heavy atom. The standard InChI is InChI=1S/2C14H22IO.C4H2F8O6S2/c2*1-2-3-4-5-6-7-12-16-14-10-8-13(15)9-11-14;5-1(6,3(9,10)19(13,14)15)2(7,8)4(11,12)20(16,17)18/h2*8-11,15H,2-7,12H2,1H3;(H,13,14,15)(H,16,17,18)/q2*+1;/p-2. The van der Waals surface area contributed by atoms with Crippen LogP contribution in [0.2, 0.25) is 0 Å². The Morgan fingerprint density at radius 3 is 1.00 bits per heavy atom. The van der Waals surface area contributed by atoms with Crippen molar-refractivity contribution in [3.63, 3.8) is 0 Å². The molecule has 0 aliphatic carbocycles. The highest BCUT2D eigenvalue weighted by molar-refractivity contribution is 7.87. The van der Waals surface area contributed by atoms with Gasteiger partial charge in [-0.3, -0.25) is 0 Å². The Hall–Kier alpha value is -1.24. The zero-order valence-corrected chi connectivity index (χ0v) is 34.7. The first kappa shape index (κ1) is 50.8. The van der Waals surface area contributed by atoms with E-state index in [4.69, 9.17) is 9.47 Å². The number of alkyl halides is 8. The summed E-state index contributed by atoms with van der Waals surface area (Å²) < 4.78 is 172. The fourth-order valence-corrected chi connectivity index (χ4v) is 5.56. The zero-order chi connectivity index (χ0) is 40.3. The van der Waals surface area contributed by atoms with E-state index in [0.717, 1.165) is 24.7 Å². The average Bonchev–Trinajstić information content (AvgIpc) is 3.05. The van der Waals surface area contributed by atoms with E-state index < -0.39 is 42.6 Å². The first-order valence-electron chi connectivity index (χ1n) is 16.1. The number of benzene rings is 2. The normalized spacial score (nSPS) is 12.7. The molecule has 0 bridgehead atoms. The van der Waals surface area contributed by atoms with Crippen molar-refractivity contribution in [2.24, 2.45) is 0 Å². The molecule has 0 unspecified atom stereocenters. The Bertz CT molecular complexity index is 1390. The van der Waals surface area contributed by atoms with E-state index >= 15 is 0 Å². The fourth-order valence-electron chi connectivity index (χ4n) is 3.90. The third-order valence-corrected chi connectivity index (χ3v) is 10.3. The molecule has 0 aliphatic rings. The van der Waals surface area contributed by atoms with Gasteiger partial charge in [0.2, 0.25) is 0 Å². The second kappa shape index (κ2) is 23.6. The highest BCUT2D eigenvalue weighted by Crippen LogP contribution is 2.55. The van der Waals surface area contributed by atoms with Gasteiger partial charge in [0.1, 0.15) is 11.5 Å². The Labute approximate surface area is 327 Å². The predicted molar refractivity (Wildman–Crippen MR) is 170 cm³/mol. The molecule has 0 saturated carbocycles. The molecule has 0 heterocycles. The molecular weight excluding hydrogens is 982 g/mol. The topological polar surface area (TPSA) is 133 Å². The smallest absolute Gasteiger partial charge is 0.402 e. The monoisotopic (exact) mass is 1030 g/mol. The third kappa shape index (κ3) is 16.6. The number of unbranched alkanes of at least 4 members (excludes halogenated alkanes) is 10. The molecule has 0 aliphatic heterocycles. The molecule has 2 aromatic rings. The summed E-state index contributed by atoms with van der Waals surface area (Å²) in [6.45, 7) is 6.22. The lowest BCUT2D eigenvalue weighted by Gasteiger charge is -2.37. The van der Waals surface area contributed by atoms with Crippen molar-refractivity contribution in [2.75, 3.05) is 13.2 Å². The van der Waals surface area contributed by atoms with Crippen molar-refractivity contribution in [1.82, 2.24) is 0 Å². The van der Waals surface area contributed by atoms with Gasteiger partial charge in [0.05, 0.1) is 13.2 Å². The third-order valence-electron chi connectivity index (χ3n) is 6.93. The highest BCUT2D eigenvalue weighted by Gasteiger charge is 2.84. The van der Waals surface area contributed by atoms with Crippen LogP contribution in [0.15, 0.2) is 48.5 Å². The van der Waals surface area contributed by atoms with E-state index in [1.54, 1.807) is 0 Å². The molecule has 0 N–H and O–H groups in total. The number of ether oxygens (including phenoxy) is 2. The van der Waals surface area contributed by atoms with Crippen LogP contribution in [0, 0.1) is 7.14 Å². The lowest BCUT2D eigenvalue weighted by Crippen LogP contribution is -3.34. The molecular formula is C32H44F8I2O8S2. The van der Waals surface area contributed by atoms with Gasteiger partial charge in [-0.05, 0) is 61.4 Å². The van der Waals surface area contributed by atoms with Crippen molar-refractivity contribution >= 4 is 20.2 Å². The summed E-state index contributed by atoms with van der Waals surface area (Å²) >= 11 is 4.05. The molecule has 0 spiro atoms. The van der Waals surface area contributed by atoms with Gasteiger partial charge < -0.3 is 18.6 Å². The molecule has 2 aromatic carbocycles. The molecule has 302 valence electrons. The molecule has 0 amide bonds. The summed E-state index contributed by atoms with van der Waals surface area (Å²) in [7, 11) is -15.2. The minimum absolute atomic E-state index is 0.857. The van der Waals surface area contributed by atoms with Gasteiger partial charge in [0.15, 0.2) is 27.4 Å². The van der Waals surface area contributed by atoms with Crippen LogP contribution in [-0.4, -0.2) is 61.5 Å². The van der Waals surface area contributed by atoms with Gasteiger partial charge in [-0.25, -0.2) is 16.8 Å². The summed E-state index contributed by atoms with van der Waals surface area (Å²) in [5.41, 5.74) is 0. The van der Waals surface area contributed by atoms with Crippen LogP contribution in [0.3, 0.4) is 0 Å². The van der Waals surface area contributed by atoms with Crippen LogP contribution < -0.4 is 54.7 Å².